The summed E-state index contributed by atoms with van der Waals surface area (Å²) < 4.78 is 0.822. The molecule has 1 aromatic rings. The summed E-state index contributed by atoms with van der Waals surface area (Å²) in [6.45, 7) is 4.55. The minimum atomic E-state index is -0.0687. The SMILES string of the molecule is CCCC(CN)NC(=O)c1ccc(C)cc1Br. The first-order valence-corrected chi connectivity index (χ1v) is 6.64. The molecule has 3 N–H and O–H groups in total. The number of amides is 1. The molecule has 0 aliphatic rings. The quantitative estimate of drug-likeness (QED) is 0.878. The normalized spacial score (nSPS) is 12.2. The minimum Gasteiger partial charge on any atom is -0.348 e. The van der Waals surface area contributed by atoms with Gasteiger partial charge in [-0.1, -0.05) is 19.4 Å². The second-order valence-corrected chi connectivity index (χ2v) is 5.03. The lowest BCUT2D eigenvalue weighted by Crippen LogP contribution is -2.40. The fourth-order valence-electron chi connectivity index (χ4n) is 1.66. The summed E-state index contributed by atoms with van der Waals surface area (Å²) in [7, 11) is 0. The van der Waals surface area contributed by atoms with Gasteiger partial charge in [0.1, 0.15) is 0 Å². The van der Waals surface area contributed by atoms with Crippen molar-refractivity contribution in [1.82, 2.24) is 5.32 Å². The maximum absolute atomic E-state index is 12.0. The number of halogens is 1. The predicted molar refractivity (Wildman–Crippen MR) is 74.1 cm³/mol. The molecule has 1 aromatic carbocycles. The zero-order valence-electron chi connectivity index (χ0n) is 10.3. The molecular weight excluding hydrogens is 280 g/mol. The number of nitrogens with two attached hydrogens (primary N) is 1. The van der Waals surface area contributed by atoms with Crippen molar-refractivity contribution in [3.8, 4) is 0 Å². The van der Waals surface area contributed by atoms with E-state index in [2.05, 4.69) is 28.2 Å². The zero-order valence-corrected chi connectivity index (χ0v) is 11.9. The highest BCUT2D eigenvalue weighted by molar-refractivity contribution is 9.10. The fourth-order valence-corrected chi connectivity index (χ4v) is 2.34. The van der Waals surface area contributed by atoms with E-state index in [0.29, 0.717) is 12.1 Å². The van der Waals surface area contributed by atoms with E-state index >= 15 is 0 Å². The highest BCUT2D eigenvalue weighted by atomic mass is 79.9. The molecule has 0 bridgehead atoms. The molecule has 0 saturated carbocycles. The van der Waals surface area contributed by atoms with Gasteiger partial charge in [0.2, 0.25) is 0 Å². The maximum atomic E-state index is 12.0. The van der Waals surface area contributed by atoms with Gasteiger partial charge in [0.15, 0.2) is 0 Å². The van der Waals surface area contributed by atoms with Crippen LogP contribution in [0.3, 0.4) is 0 Å². The molecule has 1 rings (SSSR count). The molecule has 1 atom stereocenters. The van der Waals surface area contributed by atoms with E-state index in [-0.39, 0.29) is 11.9 Å². The summed E-state index contributed by atoms with van der Waals surface area (Å²) in [6.07, 6.45) is 1.92. The van der Waals surface area contributed by atoms with Crippen LogP contribution in [0.1, 0.15) is 35.7 Å². The second-order valence-electron chi connectivity index (χ2n) is 4.18. The molecule has 1 amide bonds. The summed E-state index contributed by atoms with van der Waals surface area (Å²) in [5.41, 5.74) is 7.40. The van der Waals surface area contributed by atoms with Crippen LogP contribution >= 0.6 is 15.9 Å². The van der Waals surface area contributed by atoms with Crippen LogP contribution in [-0.4, -0.2) is 18.5 Å². The Bertz CT molecular complexity index is 393. The molecule has 17 heavy (non-hydrogen) atoms. The maximum Gasteiger partial charge on any atom is 0.252 e. The van der Waals surface area contributed by atoms with Gasteiger partial charge in [-0.2, -0.15) is 0 Å². The van der Waals surface area contributed by atoms with E-state index in [1.807, 2.05) is 25.1 Å². The largest absolute Gasteiger partial charge is 0.348 e. The van der Waals surface area contributed by atoms with E-state index < -0.39 is 0 Å². The average Bonchev–Trinajstić information content (AvgIpc) is 2.28. The van der Waals surface area contributed by atoms with Crippen LogP contribution in [0.5, 0.6) is 0 Å². The van der Waals surface area contributed by atoms with Gasteiger partial charge in [0.05, 0.1) is 5.56 Å². The monoisotopic (exact) mass is 298 g/mol. The van der Waals surface area contributed by atoms with Crippen molar-refractivity contribution in [2.75, 3.05) is 6.54 Å². The van der Waals surface area contributed by atoms with Crippen molar-refractivity contribution < 1.29 is 4.79 Å². The number of benzene rings is 1. The van der Waals surface area contributed by atoms with E-state index in [1.165, 1.54) is 0 Å². The lowest BCUT2D eigenvalue weighted by Gasteiger charge is -2.16. The Morgan fingerprint density at radius 3 is 2.76 bits per heavy atom. The van der Waals surface area contributed by atoms with Crippen molar-refractivity contribution in [3.05, 3.63) is 33.8 Å². The summed E-state index contributed by atoms with van der Waals surface area (Å²) in [4.78, 5) is 12.0. The lowest BCUT2D eigenvalue weighted by atomic mass is 10.1. The number of carbonyl (C=O) groups excluding carboxylic acids is 1. The van der Waals surface area contributed by atoms with Crippen LogP contribution in [0.4, 0.5) is 0 Å². The highest BCUT2D eigenvalue weighted by Gasteiger charge is 2.13. The lowest BCUT2D eigenvalue weighted by molar-refractivity contribution is 0.0935. The third-order valence-electron chi connectivity index (χ3n) is 2.63. The van der Waals surface area contributed by atoms with Crippen LogP contribution in [0, 0.1) is 6.92 Å². The highest BCUT2D eigenvalue weighted by Crippen LogP contribution is 2.18. The Balaban J connectivity index is 2.75. The predicted octanol–water partition coefficient (Wildman–Crippen LogP) is 2.61. The van der Waals surface area contributed by atoms with Gasteiger partial charge in [-0.3, -0.25) is 4.79 Å². The first-order valence-electron chi connectivity index (χ1n) is 5.85. The van der Waals surface area contributed by atoms with Crippen LogP contribution in [0.15, 0.2) is 22.7 Å². The summed E-state index contributed by atoms with van der Waals surface area (Å²) in [5, 5.41) is 2.95. The van der Waals surface area contributed by atoms with Crippen LogP contribution in [0.2, 0.25) is 0 Å². The molecular formula is C13H19BrN2O. The number of carbonyl (C=O) groups is 1. The third-order valence-corrected chi connectivity index (χ3v) is 3.28. The number of rotatable bonds is 5. The molecule has 0 spiro atoms. The minimum absolute atomic E-state index is 0.0562. The smallest absolute Gasteiger partial charge is 0.252 e. The van der Waals surface area contributed by atoms with Gasteiger partial charge < -0.3 is 11.1 Å². The standard InChI is InChI=1S/C13H19BrN2O/c1-3-4-10(8-15)16-13(17)11-6-5-9(2)7-12(11)14/h5-7,10H,3-4,8,15H2,1-2H3,(H,16,17). The van der Waals surface area contributed by atoms with E-state index in [0.717, 1.165) is 22.9 Å². The molecule has 0 radical (unpaired) electrons. The number of hydrogen-bond donors (Lipinski definition) is 2. The summed E-state index contributed by atoms with van der Waals surface area (Å²) >= 11 is 3.41. The topological polar surface area (TPSA) is 55.1 Å². The molecule has 1 unspecified atom stereocenters. The van der Waals surface area contributed by atoms with E-state index in [4.69, 9.17) is 5.73 Å². The molecule has 0 heterocycles. The van der Waals surface area contributed by atoms with Crippen molar-refractivity contribution in [2.45, 2.75) is 32.7 Å². The second kappa shape index (κ2) is 6.77. The van der Waals surface area contributed by atoms with E-state index in [1.54, 1.807) is 0 Å². The van der Waals surface area contributed by atoms with Crippen molar-refractivity contribution in [3.63, 3.8) is 0 Å². The molecule has 94 valence electrons. The van der Waals surface area contributed by atoms with Gasteiger partial charge >= 0.3 is 0 Å². The molecule has 3 nitrogen and oxygen atoms in total. The van der Waals surface area contributed by atoms with Gasteiger partial charge in [-0.25, -0.2) is 0 Å². The van der Waals surface area contributed by atoms with Crippen molar-refractivity contribution in [2.24, 2.45) is 5.73 Å². The fraction of sp³-hybridized carbons (Fsp3) is 0.462. The number of hydrogen-bond acceptors (Lipinski definition) is 2. The molecule has 0 aliphatic carbocycles. The molecule has 4 heteroatoms. The number of nitrogens with one attached hydrogen (secondary N) is 1. The first-order chi connectivity index (χ1) is 8.08. The molecule has 0 saturated heterocycles. The zero-order chi connectivity index (χ0) is 12.8. The Hall–Kier alpha value is -0.870. The first kappa shape index (κ1) is 14.2. The summed E-state index contributed by atoms with van der Waals surface area (Å²) in [5.74, 6) is -0.0687. The van der Waals surface area contributed by atoms with Crippen LogP contribution in [0.25, 0.3) is 0 Å². The Labute approximate surface area is 111 Å². The Kier molecular flexibility index (Phi) is 5.65. The van der Waals surface area contributed by atoms with E-state index in [9.17, 15) is 4.79 Å². The van der Waals surface area contributed by atoms with Crippen molar-refractivity contribution >= 4 is 21.8 Å². The van der Waals surface area contributed by atoms with Gasteiger partial charge in [-0.15, -0.1) is 0 Å². The van der Waals surface area contributed by atoms with Crippen molar-refractivity contribution in [1.29, 1.82) is 0 Å². The molecule has 0 fully saturated rings. The average molecular weight is 299 g/mol. The molecule has 0 aromatic heterocycles. The Morgan fingerprint density at radius 2 is 2.24 bits per heavy atom. The van der Waals surface area contributed by atoms with Crippen LogP contribution in [-0.2, 0) is 0 Å². The van der Waals surface area contributed by atoms with Crippen LogP contribution < -0.4 is 11.1 Å². The third kappa shape index (κ3) is 4.13. The molecule has 0 aliphatic heterocycles. The number of aryl methyl sites for hydroxylation is 1. The van der Waals surface area contributed by atoms with Gasteiger partial charge in [0, 0.05) is 17.1 Å². The van der Waals surface area contributed by atoms with Gasteiger partial charge in [0.25, 0.3) is 5.91 Å². The Morgan fingerprint density at radius 1 is 1.53 bits per heavy atom. The summed E-state index contributed by atoms with van der Waals surface area (Å²) in [6, 6.07) is 5.75. The van der Waals surface area contributed by atoms with Gasteiger partial charge in [-0.05, 0) is 47.0 Å².